The van der Waals surface area contributed by atoms with E-state index in [4.69, 9.17) is 0 Å². The Hall–Kier alpha value is -1.83. The number of benzene rings is 1. The van der Waals surface area contributed by atoms with Crippen LogP contribution in [0.15, 0.2) is 53.6 Å². The van der Waals surface area contributed by atoms with Gasteiger partial charge in [0.1, 0.15) is 5.60 Å². The molecule has 122 valence electrons. The zero-order valence-electron chi connectivity index (χ0n) is 12.4. The Morgan fingerprint density at radius 2 is 1.87 bits per heavy atom. The summed E-state index contributed by atoms with van der Waals surface area (Å²) in [5, 5.41) is 10.4. The van der Waals surface area contributed by atoms with E-state index in [2.05, 4.69) is 4.98 Å². The second-order valence-corrected chi connectivity index (χ2v) is 7.85. The fourth-order valence-corrected chi connectivity index (χ4v) is 3.99. The highest BCUT2D eigenvalue weighted by Gasteiger charge is 2.42. The predicted octanol–water partition coefficient (Wildman–Crippen LogP) is 1.20. The molecule has 7 heteroatoms. The van der Waals surface area contributed by atoms with Crippen LogP contribution >= 0.6 is 0 Å². The number of likely N-dealkylation sites (tertiary alicyclic amines) is 1. The van der Waals surface area contributed by atoms with E-state index >= 15 is 0 Å². The maximum Gasteiger partial charge on any atom is 0.212 e. The van der Waals surface area contributed by atoms with E-state index in [1.54, 1.807) is 30.3 Å². The molecule has 1 aromatic carbocycles. The van der Waals surface area contributed by atoms with Gasteiger partial charge < -0.3 is 5.11 Å². The smallest absolute Gasteiger partial charge is 0.212 e. The van der Waals surface area contributed by atoms with Crippen LogP contribution in [-0.2, 0) is 15.4 Å². The molecule has 0 radical (unpaired) electrons. The molecule has 1 aliphatic rings. The molecule has 1 aromatic heterocycles. The number of β-amino-alcohol motifs (C(OH)–C–C–N with tert-alkyl or cyclic N) is 1. The Morgan fingerprint density at radius 1 is 1.17 bits per heavy atom. The normalized spacial score (nSPS) is 17.7. The number of hydrogen-bond donors (Lipinski definition) is 1. The second-order valence-electron chi connectivity index (χ2n) is 5.74. The van der Waals surface area contributed by atoms with E-state index < -0.39 is 21.4 Å². The largest absolute Gasteiger partial charge is 0.382 e. The number of hydrogen-bond acceptors (Lipinski definition) is 5. The van der Waals surface area contributed by atoms with Crippen LogP contribution in [0.3, 0.4) is 0 Å². The summed E-state index contributed by atoms with van der Waals surface area (Å²) in [5.41, 5.74) is -0.543. The Morgan fingerprint density at radius 3 is 2.48 bits per heavy atom. The molecule has 1 fully saturated rings. The van der Waals surface area contributed by atoms with Crippen LogP contribution in [0.5, 0.6) is 0 Å². The molecule has 2 aromatic rings. The lowest BCUT2D eigenvalue weighted by atomic mass is 9.87. The van der Waals surface area contributed by atoms with Crippen LogP contribution in [-0.4, -0.2) is 48.8 Å². The molecule has 0 atom stereocenters. The minimum absolute atomic E-state index is 0.00520. The Bertz CT molecular complexity index is 773. The van der Waals surface area contributed by atoms with Gasteiger partial charge in [-0.15, -0.1) is 0 Å². The average Bonchev–Trinajstić information content (AvgIpc) is 2.52. The molecule has 0 aliphatic carbocycles. The number of rotatable bonds is 5. The molecule has 1 aliphatic heterocycles. The van der Waals surface area contributed by atoms with E-state index in [0.29, 0.717) is 30.1 Å². The second kappa shape index (κ2) is 5.99. The minimum atomic E-state index is -3.32. The summed E-state index contributed by atoms with van der Waals surface area (Å²) in [4.78, 5) is 5.69. The van der Waals surface area contributed by atoms with Gasteiger partial charge in [0.25, 0.3) is 0 Å². The number of pyridine rings is 1. The van der Waals surface area contributed by atoms with Crippen molar-refractivity contribution in [1.82, 2.24) is 9.88 Å². The molecule has 23 heavy (non-hydrogen) atoms. The van der Waals surface area contributed by atoms with Gasteiger partial charge in [-0.05, 0) is 24.3 Å². The average molecular weight is 336 g/mol. The van der Waals surface area contributed by atoms with E-state index in [1.165, 1.54) is 18.3 Å². The number of aromatic nitrogens is 1. The van der Waals surface area contributed by atoms with E-state index in [1.807, 2.05) is 4.90 Å². The Kier molecular flexibility index (Phi) is 4.18. The molecular weight excluding hydrogens is 319 g/mol. The van der Waals surface area contributed by atoms with Crippen molar-refractivity contribution in [2.45, 2.75) is 10.5 Å². The summed E-state index contributed by atoms with van der Waals surface area (Å²) < 4.78 is 37.2. The number of halogens is 1. The van der Waals surface area contributed by atoms with Crippen molar-refractivity contribution in [3.63, 3.8) is 0 Å². The van der Waals surface area contributed by atoms with Crippen LogP contribution in [0.25, 0.3) is 0 Å². The first-order valence-electron chi connectivity index (χ1n) is 7.24. The molecule has 0 saturated carbocycles. The highest BCUT2D eigenvalue weighted by molar-refractivity contribution is 7.91. The van der Waals surface area contributed by atoms with Crippen molar-refractivity contribution in [3.8, 4) is 0 Å². The summed E-state index contributed by atoms with van der Waals surface area (Å²) in [6.07, 6.45) is 1.31. The van der Waals surface area contributed by atoms with Crippen LogP contribution in [0.1, 0.15) is 5.56 Å². The monoisotopic (exact) mass is 336 g/mol. The number of aliphatic hydroxyl groups is 1. The minimum Gasteiger partial charge on any atom is -0.382 e. The SMILES string of the molecule is O=S(=O)(CCN1CC(O)(c2ccc(F)nc2)C1)c1ccccc1. The van der Waals surface area contributed by atoms with Gasteiger partial charge in [0.05, 0.1) is 10.6 Å². The maximum atomic E-state index is 12.8. The topological polar surface area (TPSA) is 70.5 Å². The van der Waals surface area contributed by atoms with Gasteiger partial charge in [-0.1, -0.05) is 18.2 Å². The van der Waals surface area contributed by atoms with Crippen molar-refractivity contribution in [2.24, 2.45) is 0 Å². The fraction of sp³-hybridized carbons (Fsp3) is 0.312. The third-order valence-electron chi connectivity index (χ3n) is 4.01. The lowest BCUT2D eigenvalue weighted by molar-refractivity contribution is -0.101. The van der Waals surface area contributed by atoms with Crippen molar-refractivity contribution in [1.29, 1.82) is 0 Å². The fourth-order valence-electron chi connectivity index (χ4n) is 2.68. The third kappa shape index (κ3) is 3.41. The summed E-state index contributed by atoms with van der Waals surface area (Å²) in [7, 11) is -3.32. The van der Waals surface area contributed by atoms with E-state index in [0.717, 1.165) is 0 Å². The van der Waals surface area contributed by atoms with Crippen LogP contribution in [0.4, 0.5) is 4.39 Å². The third-order valence-corrected chi connectivity index (χ3v) is 5.72. The van der Waals surface area contributed by atoms with Gasteiger partial charge in [0, 0.05) is 31.4 Å². The van der Waals surface area contributed by atoms with Crippen molar-refractivity contribution >= 4 is 9.84 Å². The van der Waals surface area contributed by atoms with Gasteiger partial charge in [0.15, 0.2) is 9.84 Å². The van der Waals surface area contributed by atoms with Crippen LogP contribution in [0, 0.1) is 5.95 Å². The lowest BCUT2D eigenvalue weighted by Crippen LogP contribution is -2.60. The molecule has 0 bridgehead atoms. The summed E-state index contributed by atoms with van der Waals surface area (Å²) in [6, 6.07) is 11.0. The van der Waals surface area contributed by atoms with E-state index in [-0.39, 0.29) is 5.75 Å². The van der Waals surface area contributed by atoms with Gasteiger partial charge >= 0.3 is 0 Å². The van der Waals surface area contributed by atoms with Crippen molar-refractivity contribution in [3.05, 3.63) is 60.2 Å². The molecule has 2 heterocycles. The van der Waals surface area contributed by atoms with Gasteiger partial charge in [-0.25, -0.2) is 13.4 Å². The first-order chi connectivity index (χ1) is 10.9. The predicted molar refractivity (Wildman–Crippen MR) is 83.0 cm³/mol. The molecule has 1 saturated heterocycles. The number of sulfone groups is 1. The summed E-state index contributed by atoms with van der Waals surface area (Å²) in [6.45, 7) is 0.962. The standard InChI is InChI=1S/C16H17FN2O3S/c17-15-7-6-13(10-18-15)16(20)11-19(12-16)8-9-23(21,22)14-4-2-1-3-5-14/h1-7,10,20H,8-9,11-12H2. The maximum absolute atomic E-state index is 12.8. The lowest BCUT2D eigenvalue weighted by Gasteiger charge is -2.46. The zero-order valence-corrected chi connectivity index (χ0v) is 13.2. The highest BCUT2D eigenvalue weighted by Crippen LogP contribution is 2.31. The summed E-state index contributed by atoms with van der Waals surface area (Å²) >= 11 is 0. The van der Waals surface area contributed by atoms with Gasteiger partial charge in [-0.2, -0.15) is 4.39 Å². The molecule has 3 rings (SSSR count). The van der Waals surface area contributed by atoms with Crippen molar-refractivity contribution in [2.75, 3.05) is 25.4 Å². The number of nitrogens with zero attached hydrogens (tertiary/aromatic N) is 2. The van der Waals surface area contributed by atoms with Crippen LogP contribution in [0.2, 0.25) is 0 Å². The Balaban J connectivity index is 1.57. The van der Waals surface area contributed by atoms with Crippen molar-refractivity contribution < 1.29 is 17.9 Å². The quantitative estimate of drug-likeness (QED) is 0.831. The molecule has 1 N–H and O–H groups in total. The first kappa shape index (κ1) is 16.0. The molecule has 5 nitrogen and oxygen atoms in total. The summed E-state index contributed by atoms with van der Waals surface area (Å²) in [5.74, 6) is -0.600. The Labute approximate surface area is 134 Å². The highest BCUT2D eigenvalue weighted by atomic mass is 32.2. The molecular formula is C16H17FN2O3S. The van der Waals surface area contributed by atoms with Gasteiger partial charge in [-0.3, -0.25) is 4.90 Å². The molecule has 0 spiro atoms. The van der Waals surface area contributed by atoms with Crippen LogP contribution < -0.4 is 0 Å². The molecule has 0 unspecified atom stereocenters. The zero-order chi connectivity index (χ0) is 16.5. The van der Waals surface area contributed by atoms with E-state index in [9.17, 15) is 17.9 Å². The first-order valence-corrected chi connectivity index (χ1v) is 8.89. The molecule has 0 amide bonds. The van der Waals surface area contributed by atoms with Gasteiger partial charge in [0.2, 0.25) is 5.95 Å².